The van der Waals surface area contributed by atoms with Crippen LogP contribution in [0, 0.1) is 6.92 Å². The van der Waals surface area contributed by atoms with Crippen LogP contribution in [-0.4, -0.2) is 16.6 Å². The number of nitrogens with zero attached hydrogens (tertiary/aromatic N) is 2. The summed E-state index contributed by atoms with van der Waals surface area (Å²) in [7, 11) is 4.02. The first-order chi connectivity index (χ1) is 9.04. The quantitative estimate of drug-likeness (QED) is 0.911. The van der Waals surface area contributed by atoms with Gasteiger partial charge in [0.05, 0.1) is 18.4 Å². The lowest BCUT2D eigenvalue weighted by Gasteiger charge is -2.12. The highest BCUT2D eigenvalue weighted by atomic mass is 15.1. The second kappa shape index (κ2) is 5.57. The van der Waals surface area contributed by atoms with Crippen LogP contribution in [0.4, 0.5) is 0 Å². The fraction of sp³-hybridized carbons (Fsp3) is 0.438. The smallest absolute Gasteiger partial charge is 0.122 e. The minimum Gasteiger partial charge on any atom is -0.330 e. The summed E-state index contributed by atoms with van der Waals surface area (Å²) in [4.78, 5) is 4.50. The molecule has 0 saturated carbocycles. The van der Waals surface area contributed by atoms with Gasteiger partial charge in [0.2, 0.25) is 0 Å². The Kier molecular flexibility index (Phi) is 4.05. The number of aryl methyl sites for hydroxylation is 1. The van der Waals surface area contributed by atoms with Gasteiger partial charge in [-0.1, -0.05) is 26.0 Å². The van der Waals surface area contributed by atoms with Gasteiger partial charge in [0, 0.05) is 12.6 Å². The molecular weight excluding hydrogens is 234 g/mol. The van der Waals surface area contributed by atoms with Crippen molar-refractivity contribution in [3.05, 3.63) is 41.3 Å². The predicted molar refractivity (Wildman–Crippen MR) is 80.2 cm³/mol. The zero-order valence-electron chi connectivity index (χ0n) is 12.5. The first-order valence-electron chi connectivity index (χ1n) is 6.80. The largest absolute Gasteiger partial charge is 0.330 e. The summed E-state index contributed by atoms with van der Waals surface area (Å²) in [5.74, 6) is 1.61. The van der Waals surface area contributed by atoms with E-state index in [4.69, 9.17) is 0 Å². The fourth-order valence-corrected chi connectivity index (χ4v) is 2.30. The molecule has 0 saturated heterocycles. The van der Waals surface area contributed by atoms with Gasteiger partial charge in [-0.25, -0.2) is 4.98 Å². The minimum atomic E-state index is 0.546. The van der Waals surface area contributed by atoms with Gasteiger partial charge >= 0.3 is 0 Å². The molecule has 0 amide bonds. The summed E-state index contributed by atoms with van der Waals surface area (Å²) in [5, 5.41) is 3.15. The van der Waals surface area contributed by atoms with E-state index in [1.165, 1.54) is 22.4 Å². The first kappa shape index (κ1) is 13.8. The van der Waals surface area contributed by atoms with Crippen LogP contribution >= 0.6 is 0 Å². The first-order valence-corrected chi connectivity index (χ1v) is 6.80. The van der Waals surface area contributed by atoms with Crippen molar-refractivity contribution in [2.45, 2.75) is 33.2 Å². The summed E-state index contributed by atoms with van der Waals surface area (Å²) in [6.07, 6.45) is 1.97. The lowest BCUT2D eigenvalue weighted by Crippen LogP contribution is -2.10. The summed E-state index contributed by atoms with van der Waals surface area (Å²) in [6.45, 7) is 7.40. The molecular formula is C16H23N3. The molecule has 0 radical (unpaired) electrons. The number of benzene rings is 1. The van der Waals surface area contributed by atoms with Gasteiger partial charge < -0.3 is 9.88 Å². The predicted octanol–water partition coefficient (Wildman–Crippen LogP) is 3.24. The molecule has 0 aliphatic rings. The molecule has 0 aliphatic heterocycles. The fourth-order valence-electron chi connectivity index (χ4n) is 2.30. The monoisotopic (exact) mass is 257 g/mol. The van der Waals surface area contributed by atoms with Crippen LogP contribution in [0.3, 0.4) is 0 Å². The number of nitrogens with one attached hydrogen (secondary N) is 1. The third-order valence-corrected chi connectivity index (χ3v) is 3.62. The summed E-state index contributed by atoms with van der Waals surface area (Å²) >= 11 is 0. The normalized spacial score (nSPS) is 11.3. The highest BCUT2D eigenvalue weighted by molar-refractivity contribution is 5.65. The molecule has 0 bridgehead atoms. The van der Waals surface area contributed by atoms with E-state index in [-0.39, 0.29) is 0 Å². The summed E-state index contributed by atoms with van der Waals surface area (Å²) < 4.78 is 2.17. The molecule has 1 aromatic heterocycles. The van der Waals surface area contributed by atoms with Crippen LogP contribution in [0.25, 0.3) is 11.3 Å². The molecule has 102 valence electrons. The van der Waals surface area contributed by atoms with Gasteiger partial charge in [0.15, 0.2) is 0 Å². The van der Waals surface area contributed by atoms with Gasteiger partial charge in [-0.05, 0) is 37.1 Å². The van der Waals surface area contributed by atoms with E-state index >= 15 is 0 Å². The van der Waals surface area contributed by atoms with Crippen LogP contribution in [0.2, 0.25) is 0 Å². The van der Waals surface area contributed by atoms with Gasteiger partial charge in [-0.2, -0.15) is 0 Å². The van der Waals surface area contributed by atoms with Crippen molar-refractivity contribution in [3.63, 3.8) is 0 Å². The number of rotatable bonds is 4. The van der Waals surface area contributed by atoms with Gasteiger partial charge in [0.1, 0.15) is 5.82 Å². The third kappa shape index (κ3) is 2.71. The topological polar surface area (TPSA) is 29.9 Å². The van der Waals surface area contributed by atoms with Crippen LogP contribution < -0.4 is 5.32 Å². The summed E-state index contributed by atoms with van der Waals surface area (Å²) in [6, 6.07) is 6.71. The van der Waals surface area contributed by atoms with Crippen LogP contribution in [0.5, 0.6) is 0 Å². The maximum atomic E-state index is 4.50. The molecule has 0 unspecified atom stereocenters. The molecule has 2 aromatic rings. The van der Waals surface area contributed by atoms with E-state index in [9.17, 15) is 0 Å². The van der Waals surface area contributed by atoms with E-state index in [0.717, 1.165) is 12.4 Å². The van der Waals surface area contributed by atoms with Crippen molar-refractivity contribution >= 4 is 0 Å². The molecule has 0 spiro atoms. The lowest BCUT2D eigenvalue weighted by atomic mass is 9.96. The van der Waals surface area contributed by atoms with Crippen LogP contribution in [-0.2, 0) is 13.6 Å². The molecule has 0 atom stereocenters. The molecule has 0 fully saturated rings. The molecule has 3 nitrogen and oxygen atoms in total. The Hall–Kier alpha value is -1.61. The number of hydrogen-bond donors (Lipinski definition) is 1. The minimum absolute atomic E-state index is 0.546. The Labute approximate surface area is 115 Å². The maximum absolute atomic E-state index is 4.50. The SMILES string of the molecule is CNCc1ncc(-c2cc(C(C)C)ccc2C)n1C. The average Bonchev–Trinajstić information content (AvgIpc) is 2.72. The van der Waals surface area contributed by atoms with Crippen LogP contribution in [0.1, 0.15) is 36.7 Å². The van der Waals surface area contributed by atoms with Crippen LogP contribution in [0.15, 0.2) is 24.4 Å². The third-order valence-electron chi connectivity index (χ3n) is 3.62. The van der Waals surface area contributed by atoms with Crippen molar-refractivity contribution in [2.75, 3.05) is 7.05 Å². The zero-order valence-corrected chi connectivity index (χ0v) is 12.5. The Morgan fingerprint density at radius 2 is 2.05 bits per heavy atom. The number of hydrogen-bond acceptors (Lipinski definition) is 2. The number of imidazole rings is 1. The molecule has 2 rings (SSSR count). The van der Waals surface area contributed by atoms with Crippen molar-refractivity contribution in [3.8, 4) is 11.3 Å². The Morgan fingerprint density at radius 1 is 1.32 bits per heavy atom. The molecule has 1 aromatic carbocycles. The van der Waals surface area contributed by atoms with E-state index in [1.807, 2.05) is 13.2 Å². The van der Waals surface area contributed by atoms with Crippen molar-refractivity contribution in [1.82, 2.24) is 14.9 Å². The van der Waals surface area contributed by atoms with Crippen molar-refractivity contribution in [1.29, 1.82) is 0 Å². The van der Waals surface area contributed by atoms with Gasteiger partial charge in [-0.15, -0.1) is 0 Å². The molecule has 0 aliphatic carbocycles. The van der Waals surface area contributed by atoms with E-state index < -0.39 is 0 Å². The standard InChI is InChI=1S/C16H23N3/c1-11(2)13-7-6-12(3)14(8-13)15-9-18-16(10-17-4)19(15)5/h6-9,11,17H,10H2,1-5H3. The zero-order chi connectivity index (χ0) is 14.0. The lowest BCUT2D eigenvalue weighted by molar-refractivity contribution is 0.712. The highest BCUT2D eigenvalue weighted by Crippen LogP contribution is 2.27. The average molecular weight is 257 g/mol. The second-order valence-corrected chi connectivity index (χ2v) is 5.38. The summed E-state index contributed by atoms with van der Waals surface area (Å²) in [5.41, 5.74) is 5.13. The van der Waals surface area contributed by atoms with Gasteiger partial charge in [0.25, 0.3) is 0 Å². The van der Waals surface area contributed by atoms with E-state index in [1.54, 1.807) is 0 Å². The van der Waals surface area contributed by atoms with Gasteiger partial charge in [-0.3, -0.25) is 0 Å². The van der Waals surface area contributed by atoms with Crippen molar-refractivity contribution < 1.29 is 0 Å². The Balaban J connectivity index is 2.49. The highest BCUT2D eigenvalue weighted by Gasteiger charge is 2.11. The van der Waals surface area contributed by atoms with E-state index in [2.05, 4.69) is 60.9 Å². The van der Waals surface area contributed by atoms with E-state index in [0.29, 0.717) is 5.92 Å². The number of aromatic nitrogens is 2. The van der Waals surface area contributed by atoms with Crippen molar-refractivity contribution in [2.24, 2.45) is 7.05 Å². The second-order valence-electron chi connectivity index (χ2n) is 5.38. The molecule has 1 heterocycles. The molecule has 1 N–H and O–H groups in total. The Bertz CT molecular complexity index is 567. The Morgan fingerprint density at radius 3 is 2.68 bits per heavy atom. The maximum Gasteiger partial charge on any atom is 0.122 e. The molecule has 19 heavy (non-hydrogen) atoms. The molecule has 3 heteroatoms.